The van der Waals surface area contributed by atoms with Gasteiger partial charge in [0.2, 0.25) is 0 Å². The first-order chi connectivity index (χ1) is 8.92. The van der Waals surface area contributed by atoms with Crippen LogP contribution in [0.5, 0.6) is 0 Å². The van der Waals surface area contributed by atoms with Gasteiger partial charge in [-0.05, 0) is 5.57 Å². The van der Waals surface area contributed by atoms with E-state index in [0.29, 0.717) is 0 Å². The maximum Gasteiger partial charge on any atom is 0.187 e. The Kier molecular flexibility index (Phi) is 6.30. The fraction of sp³-hybridized carbons (Fsp3) is 0.818. The predicted molar refractivity (Wildman–Crippen MR) is 62.0 cm³/mol. The quantitative estimate of drug-likeness (QED) is 0.278. The average molecular weight is 280 g/mol. The van der Waals surface area contributed by atoms with Crippen LogP contribution in [0.4, 0.5) is 0 Å². The lowest BCUT2D eigenvalue weighted by molar-refractivity contribution is -0.299. The summed E-state index contributed by atoms with van der Waals surface area (Å²) in [6.45, 7) is 2.19. The monoisotopic (exact) mass is 280 g/mol. The lowest BCUT2D eigenvalue weighted by Crippen LogP contribution is -2.59. The van der Waals surface area contributed by atoms with Gasteiger partial charge in [0.05, 0.1) is 25.9 Å². The highest BCUT2D eigenvalue weighted by molar-refractivity contribution is 5.02. The molecule has 1 aliphatic rings. The molecule has 0 bridgehead atoms. The van der Waals surface area contributed by atoms with Crippen molar-refractivity contribution in [2.75, 3.05) is 19.8 Å². The molecule has 1 saturated heterocycles. The first kappa shape index (κ1) is 16.5. The van der Waals surface area contributed by atoms with Gasteiger partial charge in [0, 0.05) is 0 Å². The van der Waals surface area contributed by atoms with Crippen molar-refractivity contribution in [2.24, 2.45) is 0 Å². The molecule has 6 atom stereocenters. The molecule has 19 heavy (non-hydrogen) atoms. The highest BCUT2D eigenvalue weighted by Gasteiger charge is 2.44. The largest absolute Gasteiger partial charge is 0.394 e. The number of hydrogen-bond donors (Lipinski definition) is 6. The summed E-state index contributed by atoms with van der Waals surface area (Å²) < 4.78 is 10.2. The molecule has 8 nitrogen and oxygen atoms in total. The summed E-state index contributed by atoms with van der Waals surface area (Å²) in [5.74, 6) is 0. The van der Waals surface area contributed by atoms with Crippen LogP contribution in [0.25, 0.3) is 0 Å². The first-order valence-electron chi connectivity index (χ1n) is 5.81. The Morgan fingerprint density at radius 1 is 1.16 bits per heavy atom. The molecular formula is C11H20O8. The van der Waals surface area contributed by atoms with E-state index in [9.17, 15) is 20.4 Å². The second-order valence-electron chi connectivity index (χ2n) is 4.36. The zero-order valence-corrected chi connectivity index (χ0v) is 10.3. The van der Waals surface area contributed by atoms with Crippen LogP contribution in [0.1, 0.15) is 0 Å². The highest BCUT2D eigenvalue weighted by atomic mass is 16.7. The zero-order chi connectivity index (χ0) is 14.6. The lowest BCUT2D eigenvalue weighted by atomic mass is 9.99. The summed E-state index contributed by atoms with van der Waals surface area (Å²) in [7, 11) is 0. The summed E-state index contributed by atoms with van der Waals surface area (Å²) >= 11 is 0. The molecule has 1 fully saturated rings. The molecule has 1 rings (SSSR count). The van der Waals surface area contributed by atoms with Crippen molar-refractivity contribution in [2.45, 2.75) is 36.8 Å². The molecule has 0 aromatic rings. The number of aliphatic hydroxyl groups is 6. The van der Waals surface area contributed by atoms with Crippen molar-refractivity contribution < 1.29 is 40.1 Å². The molecule has 0 radical (unpaired) electrons. The molecule has 0 saturated carbocycles. The van der Waals surface area contributed by atoms with Crippen LogP contribution in [0.2, 0.25) is 0 Å². The maximum absolute atomic E-state index is 9.65. The van der Waals surface area contributed by atoms with Gasteiger partial charge in [-0.1, -0.05) is 6.58 Å². The molecule has 8 heteroatoms. The van der Waals surface area contributed by atoms with Crippen molar-refractivity contribution >= 4 is 0 Å². The molecule has 1 aliphatic heterocycles. The normalized spacial score (nSPS) is 37.1. The van der Waals surface area contributed by atoms with Crippen LogP contribution in [0.15, 0.2) is 12.2 Å². The van der Waals surface area contributed by atoms with Gasteiger partial charge < -0.3 is 40.1 Å². The van der Waals surface area contributed by atoms with Gasteiger partial charge in [0.25, 0.3) is 0 Å². The zero-order valence-electron chi connectivity index (χ0n) is 10.3. The number of rotatable bonds is 6. The Hall–Kier alpha value is -0.580. The van der Waals surface area contributed by atoms with Gasteiger partial charge in [0.15, 0.2) is 6.29 Å². The second kappa shape index (κ2) is 7.27. The van der Waals surface area contributed by atoms with E-state index in [1.807, 2.05) is 0 Å². The summed E-state index contributed by atoms with van der Waals surface area (Å²) in [4.78, 5) is 0. The van der Waals surface area contributed by atoms with Gasteiger partial charge in [-0.25, -0.2) is 0 Å². The Labute approximate surface area is 110 Å². The van der Waals surface area contributed by atoms with Crippen molar-refractivity contribution in [3.05, 3.63) is 12.2 Å². The van der Waals surface area contributed by atoms with E-state index in [1.54, 1.807) is 0 Å². The minimum atomic E-state index is -1.52. The van der Waals surface area contributed by atoms with E-state index < -0.39 is 50.0 Å². The molecule has 112 valence electrons. The van der Waals surface area contributed by atoms with Gasteiger partial charge in [-0.3, -0.25) is 0 Å². The lowest BCUT2D eigenvalue weighted by Gasteiger charge is -2.39. The fourth-order valence-corrected chi connectivity index (χ4v) is 1.62. The maximum atomic E-state index is 9.65. The Morgan fingerprint density at radius 2 is 1.79 bits per heavy atom. The van der Waals surface area contributed by atoms with Gasteiger partial charge in [0.1, 0.15) is 24.4 Å². The molecule has 0 spiro atoms. The van der Waals surface area contributed by atoms with Gasteiger partial charge in [-0.15, -0.1) is 0 Å². The Morgan fingerprint density at radius 3 is 2.32 bits per heavy atom. The topological polar surface area (TPSA) is 140 Å². The first-order valence-corrected chi connectivity index (χ1v) is 5.81. The van der Waals surface area contributed by atoms with Gasteiger partial charge in [-0.2, -0.15) is 0 Å². The van der Waals surface area contributed by atoms with Crippen LogP contribution < -0.4 is 0 Å². The summed E-state index contributed by atoms with van der Waals surface area (Å²) in [5, 5.41) is 55.6. The predicted octanol–water partition coefficient (Wildman–Crippen LogP) is -3.29. The molecule has 1 heterocycles. The van der Waals surface area contributed by atoms with Crippen LogP contribution in [0.3, 0.4) is 0 Å². The van der Waals surface area contributed by atoms with Crippen molar-refractivity contribution in [3.63, 3.8) is 0 Å². The third-order valence-corrected chi connectivity index (χ3v) is 2.93. The minimum Gasteiger partial charge on any atom is -0.394 e. The smallest absolute Gasteiger partial charge is 0.187 e. The van der Waals surface area contributed by atoms with E-state index in [4.69, 9.17) is 19.7 Å². The third kappa shape index (κ3) is 3.94. The van der Waals surface area contributed by atoms with Crippen LogP contribution in [-0.4, -0.2) is 87.3 Å². The summed E-state index contributed by atoms with van der Waals surface area (Å²) in [6, 6.07) is 0. The van der Waals surface area contributed by atoms with Crippen LogP contribution >= 0.6 is 0 Å². The summed E-state index contributed by atoms with van der Waals surface area (Å²) in [5.41, 5.74) is 0.166. The molecule has 0 aromatic carbocycles. The highest BCUT2D eigenvalue weighted by Crippen LogP contribution is 2.22. The number of ether oxygens (including phenoxy) is 2. The molecule has 0 aromatic heterocycles. The van der Waals surface area contributed by atoms with Crippen molar-refractivity contribution in [3.8, 4) is 0 Å². The fourth-order valence-electron chi connectivity index (χ4n) is 1.62. The van der Waals surface area contributed by atoms with Crippen molar-refractivity contribution in [1.29, 1.82) is 0 Å². The summed E-state index contributed by atoms with van der Waals surface area (Å²) in [6.07, 6.45) is -7.97. The minimum absolute atomic E-state index is 0.166. The van der Waals surface area contributed by atoms with E-state index >= 15 is 0 Å². The standard InChI is InChI=1S/C11H20O8/c1-5(6(14)2-12)4-18-11-10(17)9(16)8(15)7(3-13)19-11/h6-17H,1-4H2. The number of hydrogen-bond acceptors (Lipinski definition) is 8. The molecule has 6 N–H and O–H groups in total. The average Bonchev–Trinajstić information content (AvgIpc) is 2.42. The van der Waals surface area contributed by atoms with Gasteiger partial charge >= 0.3 is 0 Å². The van der Waals surface area contributed by atoms with E-state index in [-0.39, 0.29) is 12.2 Å². The van der Waals surface area contributed by atoms with Crippen LogP contribution in [0, 0.1) is 0 Å². The Balaban J connectivity index is 2.55. The van der Waals surface area contributed by atoms with E-state index in [2.05, 4.69) is 6.58 Å². The second-order valence-corrected chi connectivity index (χ2v) is 4.36. The Bertz CT molecular complexity index is 294. The van der Waals surface area contributed by atoms with Crippen molar-refractivity contribution in [1.82, 2.24) is 0 Å². The molecule has 6 unspecified atom stereocenters. The molecular weight excluding hydrogens is 260 g/mol. The SMILES string of the molecule is C=C(COC1OC(CO)C(O)C(O)C1O)C(O)CO. The molecule has 0 aliphatic carbocycles. The van der Waals surface area contributed by atoms with E-state index in [1.165, 1.54) is 0 Å². The number of aliphatic hydroxyl groups excluding tert-OH is 6. The van der Waals surface area contributed by atoms with E-state index in [0.717, 1.165) is 0 Å². The third-order valence-electron chi connectivity index (χ3n) is 2.93. The molecule has 0 amide bonds. The van der Waals surface area contributed by atoms with Crippen LogP contribution in [-0.2, 0) is 9.47 Å².